The zero-order valence-electron chi connectivity index (χ0n) is 11.4. The van der Waals surface area contributed by atoms with Gasteiger partial charge in [0.05, 0.1) is 11.1 Å². The first kappa shape index (κ1) is 13.9. The average molecular weight is 312 g/mol. The Morgan fingerprint density at radius 3 is 2.67 bits per heavy atom. The van der Waals surface area contributed by atoms with Gasteiger partial charge in [0.1, 0.15) is 5.75 Å². The van der Waals surface area contributed by atoms with Crippen molar-refractivity contribution in [3.8, 4) is 5.75 Å². The number of benzene rings is 1. The molecule has 0 amide bonds. The maximum absolute atomic E-state index is 5.56. The van der Waals surface area contributed by atoms with Crippen LogP contribution < -0.4 is 10.1 Å². The molecule has 18 heavy (non-hydrogen) atoms. The molecule has 1 saturated carbocycles. The minimum absolute atomic E-state index is 0.483. The summed E-state index contributed by atoms with van der Waals surface area (Å²) in [5.41, 5.74) is 1.36. The van der Waals surface area contributed by atoms with E-state index in [2.05, 4.69) is 53.3 Å². The molecule has 0 aromatic heterocycles. The molecule has 3 atom stereocenters. The predicted octanol–water partition coefficient (Wildman–Crippen LogP) is 4.15. The fraction of sp³-hybridized carbons (Fsp3) is 0.600. The topological polar surface area (TPSA) is 21.3 Å². The van der Waals surface area contributed by atoms with Crippen molar-refractivity contribution in [3.63, 3.8) is 0 Å². The van der Waals surface area contributed by atoms with E-state index >= 15 is 0 Å². The van der Waals surface area contributed by atoms with Gasteiger partial charge in [0, 0.05) is 6.04 Å². The van der Waals surface area contributed by atoms with Crippen molar-refractivity contribution < 1.29 is 4.74 Å². The van der Waals surface area contributed by atoms with Crippen LogP contribution in [0.4, 0.5) is 0 Å². The molecule has 1 aliphatic carbocycles. The van der Waals surface area contributed by atoms with Gasteiger partial charge in [0.25, 0.3) is 0 Å². The van der Waals surface area contributed by atoms with E-state index in [1.807, 2.05) is 6.92 Å². The van der Waals surface area contributed by atoms with Crippen LogP contribution in [0.3, 0.4) is 0 Å². The lowest BCUT2D eigenvalue weighted by molar-refractivity contribution is 0.337. The molecule has 100 valence electrons. The van der Waals surface area contributed by atoms with Crippen LogP contribution in [0.5, 0.6) is 5.75 Å². The number of nitrogens with one attached hydrogen (secondary N) is 1. The van der Waals surface area contributed by atoms with Crippen LogP contribution in [0.15, 0.2) is 22.7 Å². The molecule has 2 nitrogen and oxygen atoms in total. The first-order valence-electron chi connectivity index (χ1n) is 6.83. The Morgan fingerprint density at radius 1 is 1.44 bits per heavy atom. The molecule has 1 aromatic rings. The van der Waals surface area contributed by atoms with Crippen molar-refractivity contribution >= 4 is 15.9 Å². The molecule has 0 radical (unpaired) electrons. The molecule has 1 aromatic carbocycles. The first-order chi connectivity index (χ1) is 8.67. The highest BCUT2D eigenvalue weighted by molar-refractivity contribution is 9.10. The highest BCUT2D eigenvalue weighted by atomic mass is 79.9. The molecule has 3 heteroatoms. The van der Waals surface area contributed by atoms with Crippen LogP contribution in [0.1, 0.15) is 38.8 Å². The summed E-state index contributed by atoms with van der Waals surface area (Å²) in [6, 6.07) is 6.94. The summed E-state index contributed by atoms with van der Waals surface area (Å²) in [5, 5.41) is 3.61. The number of rotatable bonds is 6. The maximum atomic E-state index is 5.56. The Labute approximate surface area is 118 Å². The largest absolute Gasteiger partial charge is 0.493 e. The van der Waals surface area contributed by atoms with E-state index < -0.39 is 0 Å². The summed E-state index contributed by atoms with van der Waals surface area (Å²) in [7, 11) is 0. The van der Waals surface area contributed by atoms with Crippen LogP contribution in [0.25, 0.3) is 0 Å². The van der Waals surface area contributed by atoms with Crippen LogP contribution in [-0.2, 0) is 0 Å². The van der Waals surface area contributed by atoms with Crippen molar-refractivity contribution in [2.75, 3.05) is 13.2 Å². The van der Waals surface area contributed by atoms with E-state index in [0.29, 0.717) is 12.6 Å². The van der Waals surface area contributed by atoms with E-state index in [0.717, 1.165) is 28.6 Å². The molecule has 0 spiro atoms. The monoisotopic (exact) mass is 311 g/mol. The molecule has 0 bridgehead atoms. The van der Waals surface area contributed by atoms with E-state index in [4.69, 9.17) is 4.74 Å². The zero-order valence-corrected chi connectivity index (χ0v) is 13.0. The smallest absolute Gasteiger partial charge is 0.133 e. The van der Waals surface area contributed by atoms with Crippen LogP contribution in [0, 0.1) is 11.8 Å². The standard InChI is InChI=1S/C15H22BrNO/c1-4-17-15(12-8-10(12)3)11-6-7-14(18-5-2)13(16)9-11/h6-7,9-10,12,15,17H,4-5,8H2,1-3H3. The van der Waals surface area contributed by atoms with Crippen LogP contribution in [-0.4, -0.2) is 13.2 Å². The lowest BCUT2D eigenvalue weighted by atomic mass is 10.0. The van der Waals surface area contributed by atoms with Crippen LogP contribution in [0.2, 0.25) is 0 Å². The quantitative estimate of drug-likeness (QED) is 0.852. The number of hydrogen-bond acceptors (Lipinski definition) is 2. The molecule has 0 aliphatic heterocycles. The maximum Gasteiger partial charge on any atom is 0.133 e. The molecule has 0 heterocycles. The third-order valence-electron chi connectivity index (χ3n) is 3.64. The first-order valence-corrected chi connectivity index (χ1v) is 7.62. The third kappa shape index (κ3) is 3.07. The van der Waals surface area contributed by atoms with Crippen molar-refractivity contribution in [3.05, 3.63) is 28.2 Å². The van der Waals surface area contributed by atoms with Gasteiger partial charge in [-0.15, -0.1) is 0 Å². The molecular weight excluding hydrogens is 290 g/mol. The molecular formula is C15H22BrNO. The van der Waals surface area contributed by atoms with Crippen molar-refractivity contribution in [2.45, 2.75) is 33.2 Å². The SMILES string of the molecule is CCNC(c1ccc(OCC)c(Br)c1)C1CC1C. The fourth-order valence-electron chi connectivity index (χ4n) is 2.53. The van der Waals surface area contributed by atoms with E-state index in [1.165, 1.54) is 12.0 Å². The van der Waals surface area contributed by atoms with Gasteiger partial charge in [-0.1, -0.05) is 19.9 Å². The van der Waals surface area contributed by atoms with Crippen molar-refractivity contribution in [1.82, 2.24) is 5.32 Å². The summed E-state index contributed by atoms with van der Waals surface area (Å²) in [5.74, 6) is 2.56. The molecule has 3 unspecified atom stereocenters. The van der Waals surface area contributed by atoms with Gasteiger partial charge in [-0.05, 0) is 65.4 Å². The van der Waals surface area contributed by atoms with E-state index in [1.54, 1.807) is 0 Å². The molecule has 2 rings (SSSR count). The Bertz CT molecular complexity index is 407. The summed E-state index contributed by atoms with van der Waals surface area (Å²) < 4.78 is 6.62. The van der Waals surface area contributed by atoms with Gasteiger partial charge in [0.15, 0.2) is 0 Å². The van der Waals surface area contributed by atoms with E-state index in [-0.39, 0.29) is 0 Å². The van der Waals surface area contributed by atoms with E-state index in [9.17, 15) is 0 Å². The van der Waals surface area contributed by atoms with Gasteiger partial charge in [-0.25, -0.2) is 0 Å². The minimum Gasteiger partial charge on any atom is -0.493 e. The fourth-order valence-corrected chi connectivity index (χ4v) is 3.05. The third-order valence-corrected chi connectivity index (χ3v) is 4.26. The number of ether oxygens (including phenoxy) is 1. The normalized spacial score (nSPS) is 23.8. The lowest BCUT2D eigenvalue weighted by Gasteiger charge is -2.19. The Kier molecular flexibility index (Phi) is 4.68. The lowest BCUT2D eigenvalue weighted by Crippen LogP contribution is -2.23. The molecule has 1 N–H and O–H groups in total. The number of halogens is 1. The molecule has 1 fully saturated rings. The molecule has 1 aliphatic rings. The summed E-state index contributed by atoms with van der Waals surface area (Å²) in [6.45, 7) is 8.23. The second-order valence-corrected chi connectivity index (χ2v) is 5.89. The minimum atomic E-state index is 0.483. The number of hydrogen-bond donors (Lipinski definition) is 1. The predicted molar refractivity (Wildman–Crippen MR) is 79.0 cm³/mol. The summed E-state index contributed by atoms with van der Waals surface area (Å²) in [4.78, 5) is 0. The zero-order chi connectivity index (χ0) is 13.1. The van der Waals surface area contributed by atoms with Crippen molar-refractivity contribution in [2.24, 2.45) is 11.8 Å². The van der Waals surface area contributed by atoms with Gasteiger partial charge in [-0.3, -0.25) is 0 Å². The van der Waals surface area contributed by atoms with Gasteiger partial charge >= 0.3 is 0 Å². The Hall–Kier alpha value is -0.540. The highest BCUT2D eigenvalue weighted by Crippen LogP contribution is 2.47. The van der Waals surface area contributed by atoms with Crippen molar-refractivity contribution in [1.29, 1.82) is 0 Å². The second kappa shape index (κ2) is 6.07. The van der Waals surface area contributed by atoms with Crippen LogP contribution >= 0.6 is 15.9 Å². The second-order valence-electron chi connectivity index (χ2n) is 5.04. The summed E-state index contributed by atoms with van der Waals surface area (Å²) in [6.07, 6.45) is 1.34. The Balaban J connectivity index is 2.17. The Morgan fingerprint density at radius 2 is 2.17 bits per heavy atom. The van der Waals surface area contributed by atoms with Gasteiger partial charge in [0.2, 0.25) is 0 Å². The summed E-state index contributed by atoms with van der Waals surface area (Å²) >= 11 is 3.60. The van der Waals surface area contributed by atoms with Gasteiger partial charge < -0.3 is 10.1 Å². The highest BCUT2D eigenvalue weighted by Gasteiger charge is 2.39. The average Bonchev–Trinajstić information content (AvgIpc) is 3.06. The van der Waals surface area contributed by atoms with Gasteiger partial charge in [-0.2, -0.15) is 0 Å². The molecule has 0 saturated heterocycles.